The summed E-state index contributed by atoms with van der Waals surface area (Å²) in [7, 11) is -1.32. The molecule has 0 aliphatic heterocycles. The van der Waals surface area contributed by atoms with Crippen LogP contribution in [0.15, 0.2) is 72.8 Å². The predicted molar refractivity (Wildman–Crippen MR) is 125 cm³/mol. The number of nitrogens with zero attached hydrogens (tertiary/aromatic N) is 1. The van der Waals surface area contributed by atoms with Crippen molar-refractivity contribution in [1.82, 2.24) is 4.98 Å². The van der Waals surface area contributed by atoms with E-state index in [1.54, 1.807) is 0 Å². The van der Waals surface area contributed by atoms with E-state index >= 15 is 0 Å². The minimum Gasteiger partial charge on any atom is -0.248 e. The molecule has 0 bridgehead atoms. The van der Waals surface area contributed by atoms with Crippen molar-refractivity contribution in [2.75, 3.05) is 0 Å². The number of hydrogen-bond donors (Lipinski definition) is 0. The summed E-state index contributed by atoms with van der Waals surface area (Å²) in [5, 5.41) is 2.71. The van der Waals surface area contributed by atoms with Crippen LogP contribution >= 0.6 is 0 Å². The minimum absolute atomic E-state index is 1.04. The van der Waals surface area contributed by atoms with Crippen LogP contribution in [0.5, 0.6) is 0 Å². The molecule has 3 aromatic carbocycles. The highest BCUT2D eigenvalue weighted by Gasteiger charge is 2.17. The second-order valence-corrected chi connectivity index (χ2v) is 13.7. The Balaban J connectivity index is 1.84. The Kier molecular flexibility index (Phi) is 4.68. The average molecular weight is 382 g/mol. The zero-order valence-electron chi connectivity index (χ0n) is 17.4. The maximum absolute atomic E-state index is 5.01. The van der Waals surface area contributed by atoms with Crippen LogP contribution in [0, 0.1) is 13.8 Å². The molecule has 1 aromatic heterocycles. The fraction of sp³-hybridized carbons (Fsp3) is 0.192. The molecule has 0 amide bonds. The van der Waals surface area contributed by atoms with Gasteiger partial charge in [-0.2, -0.15) is 0 Å². The van der Waals surface area contributed by atoms with Crippen molar-refractivity contribution in [3.63, 3.8) is 0 Å². The molecule has 0 aliphatic rings. The van der Waals surface area contributed by atoms with E-state index in [0.717, 1.165) is 11.2 Å². The lowest BCUT2D eigenvalue weighted by Gasteiger charge is -2.17. The second-order valence-electron chi connectivity index (χ2n) is 8.65. The summed E-state index contributed by atoms with van der Waals surface area (Å²) in [6.07, 6.45) is 0. The van der Waals surface area contributed by atoms with Gasteiger partial charge in [0, 0.05) is 10.9 Å². The van der Waals surface area contributed by atoms with Crippen LogP contribution in [-0.2, 0) is 0 Å². The molecule has 2 heteroatoms. The predicted octanol–water partition coefficient (Wildman–Crippen LogP) is 6.73. The first-order valence-corrected chi connectivity index (χ1v) is 13.4. The van der Waals surface area contributed by atoms with Gasteiger partial charge in [-0.15, -0.1) is 0 Å². The number of aryl methyl sites for hydroxylation is 1. The van der Waals surface area contributed by atoms with Gasteiger partial charge in [0.05, 0.1) is 19.3 Å². The third kappa shape index (κ3) is 3.40. The SMILES string of the molecule is Cc1ccc(-c2ccc3cc([Si](C)(C)C)ccc3n2)c(C)c1-c1ccccc1. The van der Waals surface area contributed by atoms with Gasteiger partial charge in [0.1, 0.15) is 0 Å². The monoisotopic (exact) mass is 381 g/mol. The standard InChI is InChI=1S/C26H27NSi/c1-18-11-14-23(19(2)26(18)20-9-7-6-8-10-20)25-15-12-21-17-22(28(3,4)5)13-16-24(21)27-25/h6-17H,1-5H3. The molecule has 4 aromatic rings. The van der Waals surface area contributed by atoms with Gasteiger partial charge in [0.15, 0.2) is 0 Å². The first kappa shape index (κ1) is 18.6. The van der Waals surface area contributed by atoms with Crippen molar-refractivity contribution in [3.8, 4) is 22.4 Å². The third-order valence-corrected chi connectivity index (χ3v) is 7.61. The Labute approximate surface area is 169 Å². The highest BCUT2D eigenvalue weighted by Crippen LogP contribution is 2.34. The van der Waals surface area contributed by atoms with Crippen LogP contribution < -0.4 is 5.19 Å². The first-order chi connectivity index (χ1) is 13.3. The lowest BCUT2D eigenvalue weighted by atomic mass is 9.91. The molecule has 0 aliphatic carbocycles. The lowest BCUT2D eigenvalue weighted by molar-refractivity contribution is 1.33. The van der Waals surface area contributed by atoms with Crippen LogP contribution in [0.4, 0.5) is 0 Å². The number of fused-ring (bicyclic) bond motifs is 1. The van der Waals surface area contributed by atoms with Crippen molar-refractivity contribution >= 4 is 24.2 Å². The molecular formula is C26H27NSi. The third-order valence-electron chi connectivity index (χ3n) is 5.57. The smallest absolute Gasteiger partial charge is 0.0776 e. The minimum atomic E-state index is -1.32. The van der Waals surface area contributed by atoms with Crippen molar-refractivity contribution in [1.29, 1.82) is 0 Å². The molecule has 0 fully saturated rings. The van der Waals surface area contributed by atoms with E-state index in [1.165, 1.54) is 38.4 Å². The molecule has 0 saturated heterocycles. The number of hydrogen-bond acceptors (Lipinski definition) is 1. The molecule has 0 unspecified atom stereocenters. The largest absolute Gasteiger partial charge is 0.248 e. The van der Waals surface area contributed by atoms with E-state index in [-0.39, 0.29) is 0 Å². The molecule has 4 rings (SSSR count). The topological polar surface area (TPSA) is 12.9 Å². The van der Waals surface area contributed by atoms with Crippen LogP contribution in [-0.4, -0.2) is 13.1 Å². The van der Waals surface area contributed by atoms with Crippen molar-refractivity contribution in [3.05, 3.63) is 83.9 Å². The quantitative estimate of drug-likeness (QED) is 0.358. The summed E-state index contributed by atoms with van der Waals surface area (Å²) in [5.74, 6) is 0. The molecular weight excluding hydrogens is 354 g/mol. The molecule has 1 nitrogen and oxygen atoms in total. The van der Waals surface area contributed by atoms with Crippen LogP contribution in [0.2, 0.25) is 19.6 Å². The van der Waals surface area contributed by atoms with Crippen molar-refractivity contribution in [2.24, 2.45) is 0 Å². The fourth-order valence-corrected chi connectivity index (χ4v) is 5.09. The van der Waals surface area contributed by atoms with Gasteiger partial charge in [-0.25, -0.2) is 4.98 Å². The summed E-state index contributed by atoms with van der Waals surface area (Å²) in [6.45, 7) is 11.6. The Morgan fingerprint density at radius 1 is 0.750 bits per heavy atom. The maximum Gasteiger partial charge on any atom is 0.0776 e. The van der Waals surface area contributed by atoms with Gasteiger partial charge < -0.3 is 0 Å². The summed E-state index contributed by atoms with van der Waals surface area (Å²) in [6, 6.07) is 26.2. The average Bonchev–Trinajstić information content (AvgIpc) is 2.67. The molecule has 0 radical (unpaired) electrons. The van der Waals surface area contributed by atoms with E-state index in [0.29, 0.717) is 0 Å². The summed E-state index contributed by atoms with van der Waals surface area (Å²) in [5.41, 5.74) is 8.49. The Bertz CT molecular complexity index is 1150. The Morgan fingerprint density at radius 3 is 2.21 bits per heavy atom. The number of aromatic nitrogens is 1. The van der Waals surface area contributed by atoms with Gasteiger partial charge in [0.25, 0.3) is 0 Å². The maximum atomic E-state index is 5.01. The van der Waals surface area contributed by atoms with Crippen molar-refractivity contribution in [2.45, 2.75) is 33.5 Å². The van der Waals surface area contributed by atoms with Gasteiger partial charge in [-0.3, -0.25) is 0 Å². The lowest BCUT2D eigenvalue weighted by Crippen LogP contribution is -2.37. The molecule has 140 valence electrons. The summed E-state index contributed by atoms with van der Waals surface area (Å²) in [4.78, 5) is 5.01. The Hall–Kier alpha value is -2.71. The van der Waals surface area contributed by atoms with E-state index in [2.05, 4.69) is 106 Å². The highest BCUT2D eigenvalue weighted by molar-refractivity contribution is 6.88. The second kappa shape index (κ2) is 7.03. The van der Waals surface area contributed by atoms with Gasteiger partial charge in [-0.1, -0.05) is 85.5 Å². The molecule has 0 atom stereocenters. The molecule has 1 heterocycles. The van der Waals surface area contributed by atoms with Crippen LogP contribution in [0.25, 0.3) is 33.3 Å². The molecule has 0 saturated carbocycles. The van der Waals surface area contributed by atoms with Crippen LogP contribution in [0.1, 0.15) is 11.1 Å². The molecule has 0 spiro atoms. The van der Waals surface area contributed by atoms with Gasteiger partial charge in [0.2, 0.25) is 0 Å². The van der Waals surface area contributed by atoms with E-state index in [9.17, 15) is 0 Å². The van der Waals surface area contributed by atoms with Crippen molar-refractivity contribution < 1.29 is 0 Å². The molecule has 28 heavy (non-hydrogen) atoms. The van der Waals surface area contributed by atoms with E-state index in [4.69, 9.17) is 4.98 Å². The number of pyridine rings is 1. The molecule has 0 N–H and O–H groups in total. The summed E-state index contributed by atoms with van der Waals surface area (Å²) >= 11 is 0. The zero-order valence-corrected chi connectivity index (χ0v) is 18.4. The summed E-state index contributed by atoms with van der Waals surface area (Å²) < 4.78 is 0. The van der Waals surface area contributed by atoms with E-state index < -0.39 is 8.07 Å². The highest BCUT2D eigenvalue weighted by atomic mass is 28.3. The number of benzene rings is 3. The van der Waals surface area contributed by atoms with Crippen LogP contribution in [0.3, 0.4) is 0 Å². The Morgan fingerprint density at radius 2 is 1.50 bits per heavy atom. The normalized spacial score (nSPS) is 11.8. The van der Waals surface area contributed by atoms with Gasteiger partial charge in [-0.05, 0) is 48.2 Å². The number of rotatable bonds is 3. The first-order valence-electron chi connectivity index (χ1n) is 9.92. The fourth-order valence-electron chi connectivity index (χ4n) is 3.92. The van der Waals surface area contributed by atoms with Gasteiger partial charge >= 0.3 is 0 Å². The van der Waals surface area contributed by atoms with E-state index in [1.807, 2.05) is 0 Å². The zero-order chi connectivity index (χ0) is 19.9.